The SMILES string of the molecule is C[Se]c1nc2c(=O)[nH]cnc2n1[C@@H]1O[C@H](CO)[C@@H](O)[C@H]1O. The molecule has 0 aromatic carbocycles. The third-order valence-electron chi connectivity index (χ3n) is 3.41. The normalized spacial score (nSPS) is 29.3. The Hall–Kier alpha value is -1.29. The van der Waals surface area contributed by atoms with Gasteiger partial charge in [-0.2, -0.15) is 0 Å². The van der Waals surface area contributed by atoms with Gasteiger partial charge in [0, 0.05) is 0 Å². The standard InChI is InChI=1S/C11H14N4O5Se/c1-21-11-14-5-8(12-3-13-9(5)19)15(11)10-7(18)6(17)4(2-16)20-10/h3-4,6-7,10,16-18H,2H2,1H3,(H,12,13,19)/t4-,6-,7-,10-/m1/s1. The molecule has 0 saturated carbocycles. The number of aromatic nitrogens is 4. The minimum absolute atomic E-state index is 0.0848. The molecule has 2 aromatic rings. The number of aliphatic hydroxyl groups excluding tert-OH is 3. The molecule has 1 fully saturated rings. The molecular weight excluding hydrogens is 347 g/mol. The average Bonchev–Trinajstić information content (AvgIpc) is 2.99. The summed E-state index contributed by atoms with van der Waals surface area (Å²) < 4.78 is 7.59. The van der Waals surface area contributed by atoms with Crippen LogP contribution in [0.2, 0.25) is 5.82 Å². The van der Waals surface area contributed by atoms with Gasteiger partial charge in [-0.15, -0.1) is 0 Å². The molecule has 0 spiro atoms. The van der Waals surface area contributed by atoms with Gasteiger partial charge in [0.15, 0.2) is 0 Å². The molecule has 0 bridgehead atoms. The van der Waals surface area contributed by atoms with Crippen LogP contribution in [-0.2, 0) is 4.74 Å². The molecule has 114 valence electrons. The fraction of sp³-hybridized carbons (Fsp3) is 0.545. The van der Waals surface area contributed by atoms with Gasteiger partial charge in [0.25, 0.3) is 0 Å². The molecule has 9 nitrogen and oxygen atoms in total. The van der Waals surface area contributed by atoms with Gasteiger partial charge < -0.3 is 0 Å². The van der Waals surface area contributed by atoms with E-state index in [1.165, 1.54) is 10.9 Å². The van der Waals surface area contributed by atoms with Crippen LogP contribution in [0.25, 0.3) is 11.2 Å². The Morgan fingerprint density at radius 1 is 1.48 bits per heavy atom. The first-order chi connectivity index (χ1) is 10.1. The summed E-state index contributed by atoms with van der Waals surface area (Å²) in [5, 5.41) is 29.2. The van der Waals surface area contributed by atoms with Gasteiger partial charge >= 0.3 is 124 Å². The van der Waals surface area contributed by atoms with E-state index < -0.39 is 31.1 Å². The Morgan fingerprint density at radius 3 is 2.86 bits per heavy atom. The second-order valence-electron chi connectivity index (χ2n) is 4.60. The monoisotopic (exact) mass is 362 g/mol. The zero-order chi connectivity index (χ0) is 15.1. The van der Waals surface area contributed by atoms with Gasteiger partial charge in [0.2, 0.25) is 0 Å². The third-order valence-corrected chi connectivity index (χ3v) is 4.78. The number of fused-ring (bicyclic) bond motifs is 1. The van der Waals surface area contributed by atoms with E-state index in [1.54, 1.807) is 0 Å². The van der Waals surface area contributed by atoms with Crippen molar-refractivity contribution in [1.82, 2.24) is 19.5 Å². The predicted molar refractivity (Wildman–Crippen MR) is 72.4 cm³/mol. The van der Waals surface area contributed by atoms with Gasteiger partial charge in [0.05, 0.1) is 0 Å². The van der Waals surface area contributed by atoms with Crippen molar-refractivity contribution in [1.29, 1.82) is 0 Å². The second kappa shape index (κ2) is 5.48. The summed E-state index contributed by atoms with van der Waals surface area (Å²) in [6.07, 6.45) is -3.02. The summed E-state index contributed by atoms with van der Waals surface area (Å²) >= 11 is -0.0848. The van der Waals surface area contributed by atoms with E-state index >= 15 is 0 Å². The Labute approximate surface area is 124 Å². The number of ether oxygens (including phenoxy) is 1. The van der Waals surface area contributed by atoms with E-state index in [0.29, 0.717) is 4.72 Å². The summed E-state index contributed by atoms with van der Waals surface area (Å²) in [7, 11) is 0. The molecule has 0 radical (unpaired) electrons. The number of H-pyrrole nitrogens is 1. The molecule has 2 aromatic heterocycles. The summed E-state index contributed by atoms with van der Waals surface area (Å²) in [6.45, 7) is -0.415. The molecule has 0 amide bonds. The molecule has 10 heteroatoms. The van der Waals surface area contributed by atoms with Crippen LogP contribution in [0.15, 0.2) is 11.1 Å². The molecule has 4 N–H and O–H groups in total. The van der Waals surface area contributed by atoms with Crippen LogP contribution in [-0.4, -0.2) is 74.7 Å². The topological polar surface area (TPSA) is 133 Å². The van der Waals surface area contributed by atoms with E-state index in [4.69, 9.17) is 9.84 Å². The van der Waals surface area contributed by atoms with Crippen LogP contribution in [0, 0.1) is 0 Å². The summed E-state index contributed by atoms with van der Waals surface area (Å²) in [5.74, 6) is 1.90. The van der Waals surface area contributed by atoms with Crippen LogP contribution in [0.5, 0.6) is 0 Å². The van der Waals surface area contributed by atoms with Crippen molar-refractivity contribution in [3.05, 3.63) is 16.7 Å². The van der Waals surface area contributed by atoms with Gasteiger partial charge in [-0.05, 0) is 0 Å². The van der Waals surface area contributed by atoms with Crippen LogP contribution < -0.4 is 10.3 Å². The molecule has 1 saturated heterocycles. The second-order valence-corrected chi connectivity index (χ2v) is 6.22. The maximum atomic E-state index is 11.8. The van der Waals surface area contributed by atoms with E-state index in [2.05, 4.69) is 15.0 Å². The fourth-order valence-electron chi connectivity index (χ4n) is 2.37. The van der Waals surface area contributed by atoms with Gasteiger partial charge in [0.1, 0.15) is 0 Å². The van der Waals surface area contributed by atoms with E-state index in [9.17, 15) is 15.0 Å². The first-order valence-electron chi connectivity index (χ1n) is 6.20. The van der Waals surface area contributed by atoms with E-state index in [1.807, 2.05) is 5.82 Å². The van der Waals surface area contributed by atoms with Gasteiger partial charge in [-0.3, -0.25) is 0 Å². The van der Waals surface area contributed by atoms with Crippen molar-refractivity contribution in [2.45, 2.75) is 30.4 Å². The quantitative estimate of drug-likeness (QED) is 0.431. The Balaban J connectivity index is 2.16. The summed E-state index contributed by atoms with van der Waals surface area (Å²) in [6, 6.07) is 0. The van der Waals surface area contributed by atoms with Crippen molar-refractivity contribution in [3.8, 4) is 0 Å². The zero-order valence-electron chi connectivity index (χ0n) is 11.0. The van der Waals surface area contributed by atoms with Crippen LogP contribution in [0.3, 0.4) is 0 Å². The number of rotatable bonds is 3. The number of imidazole rings is 1. The average molecular weight is 361 g/mol. The number of aromatic amines is 1. The molecule has 3 heterocycles. The summed E-state index contributed by atoms with van der Waals surface area (Å²) in [5.41, 5.74) is 0.0669. The molecule has 0 unspecified atom stereocenters. The molecule has 0 aliphatic carbocycles. The first kappa shape index (κ1) is 14.6. The molecule has 3 rings (SSSR count). The third kappa shape index (κ3) is 2.20. The van der Waals surface area contributed by atoms with Gasteiger partial charge in [-0.1, -0.05) is 0 Å². The number of nitrogens with one attached hydrogen (secondary N) is 1. The molecule has 4 atom stereocenters. The number of aliphatic hydroxyl groups is 3. The molecular formula is C11H14N4O5Se. The Morgan fingerprint density at radius 2 is 2.24 bits per heavy atom. The minimum atomic E-state index is -1.23. The molecule has 1 aliphatic heterocycles. The zero-order valence-corrected chi connectivity index (χ0v) is 12.7. The number of nitrogens with zero attached hydrogens (tertiary/aromatic N) is 3. The Bertz CT molecular complexity index is 716. The van der Waals surface area contributed by atoms with Crippen molar-refractivity contribution in [3.63, 3.8) is 0 Å². The predicted octanol–water partition coefficient (Wildman–Crippen LogP) is -2.89. The summed E-state index contributed by atoms with van der Waals surface area (Å²) in [4.78, 5) is 22.5. The van der Waals surface area contributed by atoms with Crippen LogP contribution >= 0.6 is 0 Å². The van der Waals surface area contributed by atoms with Crippen LogP contribution in [0.1, 0.15) is 6.23 Å². The van der Waals surface area contributed by atoms with E-state index in [-0.39, 0.29) is 31.7 Å². The van der Waals surface area contributed by atoms with Crippen molar-refractivity contribution in [2.24, 2.45) is 0 Å². The number of hydrogen-bond donors (Lipinski definition) is 4. The van der Waals surface area contributed by atoms with Crippen molar-refractivity contribution in [2.75, 3.05) is 6.61 Å². The van der Waals surface area contributed by atoms with Crippen molar-refractivity contribution < 1.29 is 20.1 Å². The number of hydrogen-bond acceptors (Lipinski definition) is 7. The van der Waals surface area contributed by atoms with Crippen LogP contribution in [0.4, 0.5) is 0 Å². The van der Waals surface area contributed by atoms with E-state index in [0.717, 1.165) is 0 Å². The van der Waals surface area contributed by atoms with Crippen molar-refractivity contribution >= 4 is 30.8 Å². The van der Waals surface area contributed by atoms with Gasteiger partial charge in [-0.25, -0.2) is 0 Å². The fourth-order valence-corrected chi connectivity index (χ4v) is 3.56. The Kier molecular flexibility index (Phi) is 3.82. The first-order valence-corrected chi connectivity index (χ1v) is 8.77. The maximum absolute atomic E-state index is 11.8. The molecule has 21 heavy (non-hydrogen) atoms. The molecule has 1 aliphatic rings.